The summed E-state index contributed by atoms with van der Waals surface area (Å²) in [5.41, 5.74) is 6.69. The van der Waals surface area contributed by atoms with Crippen molar-refractivity contribution < 1.29 is 13.2 Å². The van der Waals surface area contributed by atoms with Gasteiger partial charge >= 0.3 is 0 Å². The first kappa shape index (κ1) is 29.9. The molecule has 0 atom stereocenters. The maximum atomic E-state index is 12.0. The molecule has 2 fully saturated rings. The molecule has 15 heteroatoms. The van der Waals surface area contributed by atoms with Gasteiger partial charge in [0.05, 0.1) is 58.5 Å². The Morgan fingerprint density at radius 2 is 1.71 bits per heavy atom. The summed E-state index contributed by atoms with van der Waals surface area (Å²) < 4.78 is 34.2. The average Bonchev–Trinajstić information content (AvgIpc) is 3.63. The highest BCUT2D eigenvalue weighted by atomic mass is 35.5. The van der Waals surface area contributed by atoms with Gasteiger partial charge in [0.1, 0.15) is 0 Å². The lowest BCUT2D eigenvalue weighted by Gasteiger charge is -2.33. The number of fused-ring (bicyclic) bond motifs is 2. The number of piperazine rings is 1. The normalized spacial score (nSPS) is 16.8. The van der Waals surface area contributed by atoms with Gasteiger partial charge in [-0.1, -0.05) is 41.9 Å². The number of para-hydroxylation sites is 2. The highest BCUT2D eigenvalue weighted by Gasteiger charge is 2.26. The Balaban J connectivity index is 1.18. The maximum Gasteiger partial charge on any atom is 0.246 e. The van der Waals surface area contributed by atoms with Gasteiger partial charge < -0.3 is 19.1 Å². The SMILES string of the molecule is CS(=O)(=O)N1CCN(c2cc3nc(N/N=C/c4nc5ccccc5n4Cc4ccccc4Cl)nc(N4CCOCC4)c3s2)CC1. The molecule has 2 saturated heterocycles. The van der Waals surface area contributed by atoms with Gasteiger partial charge in [0.25, 0.3) is 0 Å². The molecule has 2 aliphatic rings. The molecular weight excluding hydrogens is 634 g/mol. The number of imidazole rings is 1. The number of nitrogens with one attached hydrogen (secondary N) is 1. The van der Waals surface area contributed by atoms with E-state index in [1.165, 1.54) is 10.6 Å². The quantitative estimate of drug-likeness (QED) is 0.193. The second-order valence-electron chi connectivity index (χ2n) is 10.9. The van der Waals surface area contributed by atoms with Gasteiger partial charge in [0.2, 0.25) is 16.0 Å². The maximum absolute atomic E-state index is 12.0. The van der Waals surface area contributed by atoms with Gasteiger partial charge in [-0.25, -0.2) is 23.8 Å². The van der Waals surface area contributed by atoms with Crippen LogP contribution in [0.2, 0.25) is 5.02 Å². The molecule has 234 valence electrons. The van der Waals surface area contributed by atoms with Crippen molar-refractivity contribution in [1.82, 2.24) is 23.8 Å². The van der Waals surface area contributed by atoms with Crippen molar-refractivity contribution in [3.05, 3.63) is 71.0 Å². The lowest BCUT2D eigenvalue weighted by Crippen LogP contribution is -2.48. The summed E-state index contributed by atoms with van der Waals surface area (Å²) in [7, 11) is -3.20. The van der Waals surface area contributed by atoms with Crippen LogP contribution in [0.15, 0.2) is 59.7 Å². The molecule has 7 rings (SSSR count). The minimum atomic E-state index is -3.20. The Hall–Kier alpha value is -3.82. The van der Waals surface area contributed by atoms with Crippen LogP contribution in [-0.4, -0.2) is 97.2 Å². The highest BCUT2D eigenvalue weighted by Crippen LogP contribution is 2.38. The minimum Gasteiger partial charge on any atom is -0.378 e. The first-order chi connectivity index (χ1) is 21.8. The van der Waals surface area contributed by atoms with Gasteiger partial charge in [-0.3, -0.25) is 0 Å². The number of thiophene rings is 1. The monoisotopic (exact) mass is 665 g/mol. The van der Waals surface area contributed by atoms with Crippen LogP contribution in [0.1, 0.15) is 11.4 Å². The smallest absolute Gasteiger partial charge is 0.246 e. The molecule has 0 saturated carbocycles. The largest absolute Gasteiger partial charge is 0.378 e. The van der Waals surface area contributed by atoms with E-state index in [4.69, 9.17) is 31.3 Å². The van der Waals surface area contributed by atoms with E-state index in [-0.39, 0.29) is 0 Å². The number of aromatic nitrogens is 4. The number of halogens is 1. The number of anilines is 3. The number of hydrogen-bond acceptors (Lipinski definition) is 11. The fourth-order valence-electron chi connectivity index (χ4n) is 5.64. The van der Waals surface area contributed by atoms with Crippen molar-refractivity contribution in [2.75, 3.05) is 74.0 Å². The number of rotatable bonds is 8. The van der Waals surface area contributed by atoms with Gasteiger partial charge in [-0.05, 0) is 29.8 Å². The van der Waals surface area contributed by atoms with Crippen molar-refractivity contribution in [2.45, 2.75) is 6.54 Å². The average molecular weight is 666 g/mol. The zero-order valence-corrected chi connectivity index (χ0v) is 27.0. The molecule has 1 N–H and O–H groups in total. The Morgan fingerprint density at radius 3 is 2.49 bits per heavy atom. The molecule has 5 heterocycles. The molecule has 12 nitrogen and oxygen atoms in total. The molecule has 2 aliphatic heterocycles. The Morgan fingerprint density at radius 1 is 0.956 bits per heavy atom. The van der Waals surface area contributed by atoms with Crippen LogP contribution < -0.4 is 15.2 Å². The molecule has 3 aromatic heterocycles. The van der Waals surface area contributed by atoms with Crippen molar-refractivity contribution in [3.63, 3.8) is 0 Å². The summed E-state index contributed by atoms with van der Waals surface area (Å²) in [6.45, 7) is 5.38. The third-order valence-corrected chi connectivity index (χ3v) is 10.8. The number of sulfonamides is 1. The van der Waals surface area contributed by atoms with Gasteiger partial charge in [-0.2, -0.15) is 14.4 Å². The molecule has 0 bridgehead atoms. The lowest BCUT2D eigenvalue weighted by atomic mass is 10.2. The number of hydrazone groups is 1. The molecule has 0 spiro atoms. The fraction of sp³-hybridized carbons (Fsp3) is 0.333. The van der Waals surface area contributed by atoms with E-state index >= 15 is 0 Å². The first-order valence-corrected chi connectivity index (χ1v) is 17.7. The zero-order valence-electron chi connectivity index (χ0n) is 24.6. The van der Waals surface area contributed by atoms with Crippen LogP contribution in [0.3, 0.4) is 0 Å². The van der Waals surface area contributed by atoms with E-state index in [1.807, 2.05) is 48.5 Å². The van der Waals surface area contributed by atoms with E-state index in [0.29, 0.717) is 62.7 Å². The van der Waals surface area contributed by atoms with E-state index in [2.05, 4.69) is 31.0 Å². The molecule has 45 heavy (non-hydrogen) atoms. The minimum absolute atomic E-state index is 0.375. The topological polar surface area (TPSA) is 121 Å². The van der Waals surface area contributed by atoms with Crippen molar-refractivity contribution >= 4 is 77.2 Å². The molecule has 5 aromatic rings. The van der Waals surface area contributed by atoms with Crippen LogP contribution in [-0.2, 0) is 21.3 Å². The number of ether oxygens (including phenoxy) is 1. The molecule has 0 unspecified atom stereocenters. The number of nitrogens with zero attached hydrogens (tertiary/aromatic N) is 8. The molecule has 0 aliphatic carbocycles. The Labute approximate surface area is 270 Å². The number of morpholine rings is 1. The zero-order chi connectivity index (χ0) is 31.0. The third-order valence-electron chi connectivity index (χ3n) is 7.99. The summed E-state index contributed by atoms with van der Waals surface area (Å²) in [6.07, 6.45) is 2.94. The third kappa shape index (κ3) is 6.33. The Bertz CT molecular complexity index is 1980. The fourth-order valence-corrected chi connectivity index (χ4v) is 7.83. The highest BCUT2D eigenvalue weighted by molar-refractivity contribution is 7.88. The van der Waals surface area contributed by atoms with Crippen LogP contribution >= 0.6 is 22.9 Å². The summed E-state index contributed by atoms with van der Waals surface area (Å²) in [4.78, 5) is 19.0. The molecular formula is C30H32ClN9O3S2. The Kier molecular flexibility index (Phi) is 8.31. The van der Waals surface area contributed by atoms with Crippen LogP contribution in [0.25, 0.3) is 21.3 Å². The van der Waals surface area contributed by atoms with Crippen LogP contribution in [0.5, 0.6) is 0 Å². The van der Waals surface area contributed by atoms with Gasteiger partial charge in [0.15, 0.2) is 11.6 Å². The summed E-state index contributed by atoms with van der Waals surface area (Å²) in [5, 5.41) is 6.26. The second kappa shape index (κ2) is 12.5. The summed E-state index contributed by atoms with van der Waals surface area (Å²) in [5.74, 6) is 1.88. The lowest BCUT2D eigenvalue weighted by molar-refractivity contribution is 0.122. The summed E-state index contributed by atoms with van der Waals surface area (Å²) in [6, 6.07) is 17.8. The molecule has 2 aromatic carbocycles. The van der Waals surface area contributed by atoms with Crippen molar-refractivity contribution in [3.8, 4) is 0 Å². The number of benzene rings is 2. The summed E-state index contributed by atoms with van der Waals surface area (Å²) >= 11 is 8.12. The second-order valence-corrected chi connectivity index (χ2v) is 14.3. The van der Waals surface area contributed by atoms with Crippen LogP contribution in [0, 0.1) is 0 Å². The number of hydrogen-bond donors (Lipinski definition) is 1. The standard InChI is InChI=1S/C30H32ClN9O3S2/c1-45(41,42)39-12-10-37(11-13-39)27-18-24-28(44-27)29(38-14-16-43-17-15-38)35-30(34-24)36-32-19-26-33-23-8-4-5-9-25(23)40(26)20-21-6-2-3-7-22(21)31/h2-9,18-19H,10-17,20H2,1H3,(H,34,35,36)/b32-19+. The predicted molar refractivity (Wildman–Crippen MR) is 181 cm³/mol. The van der Waals surface area contributed by atoms with E-state index < -0.39 is 10.0 Å². The van der Waals surface area contributed by atoms with Gasteiger partial charge in [-0.15, -0.1) is 11.3 Å². The molecule has 0 amide bonds. The van der Waals surface area contributed by atoms with E-state index in [0.717, 1.165) is 50.7 Å². The van der Waals surface area contributed by atoms with Crippen molar-refractivity contribution in [2.24, 2.45) is 5.10 Å². The van der Waals surface area contributed by atoms with E-state index in [1.54, 1.807) is 17.6 Å². The van der Waals surface area contributed by atoms with Crippen LogP contribution in [0.4, 0.5) is 16.8 Å². The predicted octanol–water partition coefficient (Wildman–Crippen LogP) is 4.11. The molecule has 0 radical (unpaired) electrons. The first-order valence-electron chi connectivity index (χ1n) is 14.7. The van der Waals surface area contributed by atoms with Gasteiger partial charge in [0, 0.05) is 44.3 Å². The van der Waals surface area contributed by atoms with E-state index in [9.17, 15) is 8.42 Å². The van der Waals surface area contributed by atoms with Crippen molar-refractivity contribution in [1.29, 1.82) is 0 Å².